The molecule has 1 N–H and O–H groups in total. The van der Waals surface area contributed by atoms with Crippen LogP contribution in [0.5, 0.6) is 0 Å². The molecule has 0 saturated heterocycles. The van der Waals surface area contributed by atoms with Crippen LogP contribution in [-0.2, 0) is 11.3 Å². The SMILES string of the molecule is CCCn1nncc1C(NCC)C(OC)C(C)(C)C. The van der Waals surface area contributed by atoms with Crippen molar-refractivity contribution in [1.82, 2.24) is 20.3 Å². The van der Waals surface area contributed by atoms with Crippen LogP contribution in [0.4, 0.5) is 0 Å². The normalized spacial score (nSPS) is 15.5. The van der Waals surface area contributed by atoms with Gasteiger partial charge in [0.15, 0.2) is 0 Å². The molecule has 0 fully saturated rings. The van der Waals surface area contributed by atoms with Gasteiger partial charge in [0.05, 0.1) is 24.0 Å². The number of aryl methyl sites for hydroxylation is 1. The fraction of sp³-hybridized carbons (Fsp3) is 0.857. The Hall–Kier alpha value is -0.940. The van der Waals surface area contributed by atoms with E-state index in [0.29, 0.717) is 0 Å². The Morgan fingerprint density at radius 2 is 2.05 bits per heavy atom. The summed E-state index contributed by atoms with van der Waals surface area (Å²) in [6.45, 7) is 12.6. The quantitative estimate of drug-likeness (QED) is 0.825. The lowest BCUT2D eigenvalue weighted by Gasteiger charge is -2.36. The predicted octanol–water partition coefficient (Wildman–Crippen LogP) is 2.40. The third-order valence-corrected chi connectivity index (χ3v) is 3.24. The fourth-order valence-corrected chi connectivity index (χ4v) is 2.47. The van der Waals surface area contributed by atoms with Crippen LogP contribution in [0.1, 0.15) is 52.8 Å². The molecule has 5 heteroatoms. The van der Waals surface area contributed by atoms with Gasteiger partial charge in [-0.2, -0.15) is 0 Å². The average Bonchev–Trinajstić information content (AvgIpc) is 2.76. The molecule has 0 aliphatic heterocycles. The molecule has 0 saturated carbocycles. The van der Waals surface area contributed by atoms with Gasteiger partial charge in [-0.05, 0) is 18.4 Å². The highest BCUT2D eigenvalue weighted by Gasteiger charge is 2.34. The Morgan fingerprint density at radius 1 is 1.37 bits per heavy atom. The highest BCUT2D eigenvalue weighted by molar-refractivity contribution is 5.07. The van der Waals surface area contributed by atoms with Gasteiger partial charge in [-0.25, -0.2) is 4.68 Å². The Labute approximate surface area is 116 Å². The van der Waals surface area contributed by atoms with Gasteiger partial charge in [-0.1, -0.05) is 39.8 Å². The third-order valence-electron chi connectivity index (χ3n) is 3.24. The highest BCUT2D eigenvalue weighted by atomic mass is 16.5. The lowest BCUT2D eigenvalue weighted by Crippen LogP contribution is -2.42. The molecule has 1 aromatic rings. The molecule has 2 unspecified atom stereocenters. The van der Waals surface area contributed by atoms with E-state index in [0.717, 1.165) is 25.2 Å². The molecule has 0 spiro atoms. The maximum Gasteiger partial charge on any atom is 0.0829 e. The third kappa shape index (κ3) is 4.01. The van der Waals surface area contributed by atoms with Crippen LogP contribution >= 0.6 is 0 Å². The predicted molar refractivity (Wildman–Crippen MR) is 77.0 cm³/mol. The van der Waals surface area contributed by atoms with Gasteiger partial charge in [0.25, 0.3) is 0 Å². The number of hydrogen-bond donors (Lipinski definition) is 1. The maximum atomic E-state index is 5.75. The van der Waals surface area contributed by atoms with Crippen molar-refractivity contribution in [3.05, 3.63) is 11.9 Å². The van der Waals surface area contributed by atoms with Crippen LogP contribution in [0.25, 0.3) is 0 Å². The molecule has 0 radical (unpaired) electrons. The lowest BCUT2D eigenvalue weighted by molar-refractivity contribution is -0.0136. The molecule has 19 heavy (non-hydrogen) atoms. The van der Waals surface area contributed by atoms with Crippen molar-refractivity contribution in [2.24, 2.45) is 5.41 Å². The van der Waals surface area contributed by atoms with Crippen molar-refractivity contribution >= 4 is 0 Å². The molecule has 5 nitrogen and oxygen atoms in total. The topological polar surface area (TPSA) is 52.0 Å². The number of methoxy groups -OCH3 is 1. The molecule has 1 heterocycles. The standard InChI is InChI=1S/C14H28N4O/c1-7-9-18-11(10-16-17-18)12(15-8-2)13(19-6)14(3,4)5/h10,12-13,15H,7-9H2,1-6H3. The second-order valence-corrected chi connectivity index (χ2v) is 5.94. The van der Waals surface area contributed by atoms with E-state index in [4.69, 9.17) is 4.74 Å². The zero-order valence-electron chi connectivity index (χ0n) is 13.1. The molecular weight excluding hydrogens is 240 g/mol. The summed E-state index contributed by atoms with van der Waals surface area (Å²) in [6.07, 6.45) is 2.96. The number of nitrogens with zero attached hydrogens (tertiary/aromatic N) is 3. The van der Waals surface area contributed by atoms with Crippen LogP contribution in [0, 0.1) is 5.41 Å². The first-order valence-electron chi connectivity index (χ1n) is 7.10. The van der Waals surface area contributed by atoms with Crippen molar-refractivity contribution in [2.45, 2.75) is 59.7 Å². The van der Waals surface area contributed by atoms with Crippen molar-refractivity contribution in [3.8, 4) is 0 Å². The molecule has 0 aliphatic rings. The monoisotopic (exact) mass is 268 g/mol. The number of aromatic nitrogens is 3. The Morgan fingerprint density at radius 3 is 2.53 bits per heavy atom. The minimum atomic E-state index is 0.0445. The van der Waals surface area contributed by atoms with Gasteiger partial charge >= 0.3 is 0 Å². The number of hydrogen-bond acceptors (Lipinski definition) is 4. The minimum absolute atomic E-state index is 0.0445. The Balaban J connectivity index is 3.07. The first-order valence-corrected chi connectivity index (χ1v) is 7.10. The van der Waals surface area contributed by atoms with Crippen LogP contribution < -0.4 is 5.32 Å². The second-order valence-electron chi connectivity index (χ2n) is 5.94. The molecule has 0 amide bonds. The summed E-state index contributed by atoms with van der Waals surface area (Å²) in [5.74, 6) is 0. The fourth-order valence-electron chi connectivity index (χ4n) is 2.47. The van der Waals surface area contributed by atoms with E-state index in [9.17, 15) is 0 Å². The zero-order chi connectivity index (χ0) is 14.5. The molecule has 2 atom stereocenters. The van der Waals surface area contributed by atoms with Crippen LogP contribution in [0.3, 0.4) is 0 Å². The van der Waals surface area contributed by atoms with E-state index in [2.05, 4.69) is 50.2 Å². The van der Waals surface area contributed by atoms with Crippen LogP contribution in [0.15, 0.2) is 6.20 Å². The molecule has 0 bridgehead atoms. The minimum Gasteiger partial charge on any atom is -0.379 e. The molecule has 0 aromatic carbocycles. The van der Waals surface area contributed by atoms with E-state index in [1.807, 2.05) is 10.9 Å². The molecule has 1 rings (SSSR count). The van der Waals surface area contributed by atoms with Gasteiger partial charge in [0.2, 0.25) is 0 Å². The summed E-state index contributed by atoms with van der Waals surface area (Å²) in [6, 6.07) is 0.108. The van der Waals surface area contributed by atoms with Crippen molar-refractivity contribution < 1.29 is 4.74 Å². The molecular formula is C14H28N4O. The second kappa shape index (κ2) is 7.01. The van der Waals surface area contributed by atoms with E-state index < -0.39 is 0 Å². The van der Waals surface area contributed by atoms with E-state index in [1.165, 1.54) is 0 Å². The number of ether oxygens (including phenoxy) is 1. The van der Waals surface area contributed by atoms with Crippen LogP contribution in [0.2, 0.25) is 0 Å². The Kier molecular flexibility index (Phi) is 5.94. The summed E-state index contributed by atoms with van der Waals surface area (Å²) in [5.41, 5.74) is 1.15. The molecule has 0 aliphatic carbocycles. The van der Waals surface area contributed by atoms with Gasteiger partial charge < -0.3 is 10.1 Å². The van der Waals surface area contributed by atoms with Gasteiger partial charge in [0, 0.05) is 13.7 Å². The van der Waals surface area contributed by atoms with Gasteiger partial charge in [-0.15, -0.1) is 5.10 Å². The summed E-state index contributed by atoms with van der Waals surface area (Å²) < 4.78 is 7.73. The van der Waals surface area contributed by atoms with Gasteiger partial charge in [0.1, 0.15) is 0 Å². The van der Waals surface area contributed by atoms with E-state index >= 15 is 0 Å². The van der Waals surface area contributed by atoms with Crippen LogP contribution in [-0.4, -0.2) is 34.8 Å². The first-order chi connectivity index (χ1) is 8.95. The first kappa shape index (κ1) is 16.1. The summed E-state index contributed by atoms with van der Waals surface area (Å²) in [5, 5.41) is 11.8. The highest BCUT2D eigenvalue weighted by Crippen LogP contribution is 2.32. The number of nitrogens with one attached hydrogen (secondary N) is 1. The zero-order valence-corrected chi connectivity index (χ0v) is 13.1. The smallest absolute Gasteiger partial charge is 0.0829 e. The molecule has 1 aromatic heterocycles. The summed E-state index contributed by atoms with van der Waals surface area (Å²) in [7, 11) is 1.77. The maximum absolute atomic E-state index is 5.75. The van der Waals surface area contributed by atoms with Crippen molar-refractivity contribution in [3.63, 3.8) is 0 Å². The van der Waals surface area contributed by atoms with E-state index in [1.54, 1.807) is 7.11 Å². The summed E-state index contributed by atoms with van der Waals surface area (Å²) >= 11 is 0. The van der Waals surface area contributed by atoms with E-state index in [-0.39, 0.29) is 17.6 Å². The average molecular weight is 268 g/mol. The van der Waals surface area contributed by atoms with Crippen molar-refractivity contribution in [2.75, 3.05) is 13.7 Å². The Bertz CT molecular complexity index is 370. The molecule has 110 valence electrons. The number of rotatable bonds is 7. The van der Waals surface area contributed by atoms with Crippen molar-refractivity contribution in [1.29, 1.82) is 0 Å². The largest absolute Gasteiger partial charge is 0.379 e. The summed E-state index contributed by atoms with van der Waals surface area (Å²) in [4.78, 5) is 0. The number of likely N-dealkylation sites (N-methyl/N-ethyl adjacent to an activating group) is 1. The lowest BCUT2D eigenvalue weighted by atomic mass is 9.83. The van der Waals surface area contributed by atoms with Gasteiger partial charge in [-0.3, -0.25) is 0 Å².